The van der Waals surface area contributed by atoms with Crippen molar-refractivity contribution in [2.75, 3.05) is 19.5 Å². The van der Waals surface area contributed by atoms with Crippen LogP contribution in [0.5, 0.6) is 0 Å². The van der Waals surface area contributed by atoms with Crippen molar-refractivity contribution in [3.05, 3.63) is 16.7 Å². The first-order valence-electron chi connectivity index (χ1n) is 7.00. The first kappa shape index (κ1) is 18.4. The summed E-state index contributed by atoms with van der Waals surface area (Å²) in [5.74, 6) is -0.112. The molecule has 0 amide bonds. The number of imidazole rings is 1. The smallest absolute Gasteiger partial charge is 0.322 e. The van der Waals surface area contributed by atoms with E-state index in [0.29, 0.717) is 0 Å². The van der Waals surface area contributed by atoms with E-state index in [4.69, 9.17) is 19.7 Å². The number of ether oxygens (including phenoxy) is 2. The van der Waals surface area contributed by atoms with Crippen LogP contribution in [0.15, 0.2) is 11.1 Å². The van der Waals surface area contributed by atoms with Crippen LogP contribution >= 0.6 is 6.72 Å². The summed E-state index contributed by atoms with van der Waals surface area (Å²) in [7, 11) is 1.35. The fourth-order valence-electron chi connectivity index (χ4n) is 2.74. The molecule has 3 rings (SSSR count). The summed E-state index contributed by atoms with van der Waals surface area (Å²) in [6.07, 6.45) is -2.52. The van der Waals surface area contributed by atoms with Crippen LogP contribution < -0.4 is 11.3 Å². The lowest BCUT2D eigenvalue weighted by atomic mass is 10.1. The Kier molecular flexibility index (Phi) is 4.92. The Morgan fingerprint density at radius 3 is 2.84 bits per heavy atom. The third-order valence-corrected chi connectivity index (χ3v) is 4.50. The van der Waals surface area contributed by atoms with Crippen molar-refractivity contribution in [1.29, 1.82) is 0 Å². The number of aliphatic hydroxyl groups is 1. The number of hydrogen-bond acceptors (Lipinski definition) is 9. The molecule has 0 aliphatic carbocycles. The molecule has 3 heterocycles. The van der Waals surface area contributed by atoms with Crippen molar-refractivity contribution in [3.8, 4) is 0 Å². The van der Waals surface area contributed by atoms with E-state index in [1.54, 1.807) is 0 Å². The standard InChI is InChI=1S/C11H16N5O7PS/c1-21-7-6(23-24(19,20)25)4(2-17)22-10(7)16-3-13-5-8(16)14-11(12)15-9(5)18/h3-4,6-7,10,17H,2H2,1H3,(H2,19,20,25)(H3,12,14,15,18)/t4-,6-,7-,10-/m1/s1. The molecule has 2 aromatic rings. The predicted octanol–water partition coefficient (Wildman–Crippen LogP) is -1.80. The minimum atomic E-state index is -4.04. The summed E-state index contributed by atoms with van der Waals surface area (Å²) in [6.45, 7) is -4.52. The number of aliphatic hydroxyl groups excluding tert-OH is 1. The maximum atomic E-state index is 11.9. The van der Waals surface area contributed by atoms with Crippen molar-refractivity contribution in [2.24, 2.45) is 0 Å². The van der Waals surface area contributed by atoms with Gasteiger partial charge in [0, 0.05) is 7.11 Å². The van der Waals surface area contributed by atoms with Gasteiger partial charge in [0.2, 0.25) is 5.95 Å². The monoisotopic (exact) mass is 393 g/mol. The number of aromatic amines is 1. The fourth-order valence-corrected chi connectivity index (χ4v) is 3.62. The van der Waals surface area contributed by atoms with E-state index in [2.05, 4.69) is 26.8 Å². The molecule has 0 saturated carbocycles. The molecule has 25 heavy (non-hydrogen) atoms. The zero-order chi connectivity index (χ0) is 18.4. The van der Waals surface area contributed by atoms with Gasteiger partial charge in [-0.25, -0.2) is 4.98 Å². The van der Waals surface area contributed by atoms with Crippen molar-refractivity contribution < 1.29 is 28.9 Å². The number of aromatic nitrogens is 4. The number of nitrogens with one attached hydrogen (secondary N) is 1. The molecule has 138 valence electrons. The van der Waals surface area contributed by atoms with Gasteiger partial charge in [-0.3, -0.25) is 18.9 Å². The molecule has 14 heteroatoms. The van der Waals surface area contributed by atoms with Crippen LogP contribution in [-0.2, 0) is 25.8 Å². The molecule has 12 nitrogen and oxygen atoms in total. The molecular weight excluding hydrogens is 377 g/mol. The Hall–Kier alpha value is -1.44. The molecule has 4 atom stereocenters. The zero-order valence-electron chi connectivity index (χ0n) is 12.8. The third-order valence-electron chi connectivity index (χ3n) is 3.72. The van der Waals surface area contributed by atoms with Crippen LogP contribution in [-0.4, -0.2) is 66.4 Å². The van der Waals surface area contributed by atoms with Gasteiger partial charge in [-0.1, -0.05) is 0 Å². The van der Waals surface area contributed by atoms with Gasteiger partial charge in [0.15, 0.2) is 17.4 Å². The highest BCUT2D eigenvalue weighted by Gasteiger charge is 2.48. The average Bonchev–Trinajstić information content (AvgIpc) is 3.06. The highest BCUT2D eigenvalue weighted by atomic mass is 32.5. The van der Waals surface area contributed by atoms with Gasteiger partial charge in [0.1, 0.15) is 18.3 Å². The summed E-state index contributed by atoms with van der Waals surface area (Å²) >= 11 is 4.49. The minimum Gasteiger partial charge on any atom is -0.394 e. The average molecular weight is 393 g/mol. The normalized spacial score (nSPS) is 27.2. The van der Waals surface area contributed by atoms with Gasteiger partial charge in [-0.15, -0.1) is 0 Å². The number of fused-ring (bicyclic) bond motifs is 1. The third kappa shape index (κ3) is 3.45. The summed E-state index contributed by atoms with van der Waals surface area (Å²) in [5.41, 5.74) is 5.21. The highest BCUT2D eigenvalue weighted by molar-refractivity contribution is 8.06. The largest absolute Gasteiger partial charge is 0.394 e. The molecule has 2 aromatic heterocycles. The number of nitrogens with two attached hydrogens (primary N) is 1. The maximum Gasteiger partial charge on any atom is 0.322 e. The van der Waals surface area contributed by atoms with Gasteiger partial charge < -0.3 is 30.1 Å². The van der Waals surface area contributed by atoms with E-state index < -0.39 is 43.4 Å². The molecule has 1 saturated heterocycles. The van der Waals surface area contributed by atoms with Crippen LogP contribution in [0.4, 0.5) is 5.95 Å². The number of nitrogens with zero attached hydrogens (tertiary/aromatic N) is 3. The summed E-state index contributed by atoms with van der Waals surface area (Å²) in [4.78, 5) is 41.1. The van der Waals surface area contributed by atoms with E-state index in [9.17, 15) is 19.7 Å². The van der Waals surface area contributed by atoms with Crippen LogP contribution in [0.1, 0.15) is 6.23 Å². The Labute approximate surface area is 145 Å². The number of methoxy groups -OCH3 is 1. The molecule has 0 bridgehead atoms. The number of rotatable bonds is 5. The number of hydrogen-bond donors (Lipinski definition) is 5. The molecule has 0 unspecified atom stereocenters. The first-order valence-corrected chi connectivity index (χ1v) is 9.63. The van der Waals surface area contributed by atoms with Gasteiger partial charge in [0.05, 0.1) is 12.9 Å². The quantitative estimate of drug-likeness (QED) is 0.362. The SMILES string of the molecule is CO[C@@H]1[C@H](OP(O)(O)=S)[C@@H](CO)O[C@H]1n1cnc2c(=O)[nH]c(N)nc21. The number of anilines is 1. The second-order valence-corrected chi connectivity index (χ2v) is 7.90. The summed E-state index contributed by atoms with van der Waals surface area (Å²) in [6, 6.07) is 0. The molecule has 1 fully saturated rings. The van der Waals surface area contributed by atoms with E-state index >= 15 is 0 Å². The molecule has 6 N–H and O–H groups in total. The predicted molar refractivity (Wildman–Crippen MR) is 87.9 cm³/mol. The van der Waals surface area contributed by atoms with E-state index in [0.717, 1.165) is 0 Å². The van der Waals surface area contributed by atoms with Crippen LogP contribution in [0.25, 0.3) is 11.2 Å². The van der Waals surface area contributed by atoms with Gasteiger partial charge >= 0.3 is 6.72 Å². The van der Waals surface area contributed by atoms with E-state index in [1.807, 2.05) is 0 Å². The van der Waals surface area contributed by atoms with Crippen molar-refractivity contribution in [1.82, 2.24) is 19.5 Å². The Bertz CT molecular complexity index is 881. The lowest BCUT2D eigenvalue weighted by molar-refractivity contribution is -0.0583. The molecule has 1 aliphatic heterocycles. The van der Waals surface area contributed by atoms with Crippen LogP contribution in [0.2, 0.25) is 0 Å². The Balaban J connectivity index is 2.05. The van der Waals surface area contributed by atoms with E-state index in [1.165, 1.54) is 18.0 Å². The topological polar surface area (TPSA) is 178 Å². The second kappa shape index (κ2) is 6.70. The lowest BCUT2D eigenvalue weighted by Gasteiger charge is -2.24. The molecule has 0 spiro atoms. The lowest BCUT2D eigenvalue weighted by Crippen LogP contribution is -2.36. The van der Waals surface area contributed by atoms with E-state index in [-0.39, 0.29) is 17.1 Å². The van der Waals surface area contributed by atoms with Crippen molar-refractivity contribution in [3.63, 3.8) is 0 Å². The Morgan fingerprint density at radius 1 is 1.52 bits per heavy atom. The zero-order valence-corrected chi connectivity index (χ0v) is 14.6. The second-order valence-electron chi connectivity index (χ2n) is 5.28. The van der Waals surface area contributed by atoms with Crippen molar-refractivity contribution >= 4 is 35.6 Å². The molecular formula is C11H16N5O7PS. The summed E-state index contributed by atoms with van der Waals surface area (Å²) in [5, 5.41) is 9.50. The number of H-pyrrole nitrogens is 1. The minimum absolute atomic E-state index is 0.0343. The van der Waals surface area contributed by atoms with Gasteiger partial charge in [0.25, 0.3) is 5.56 Å². The molecule has 1 aliphatic rings. The van der Waals surface area contributed by atoms with Crippen LogP contribution in [0, 0.1) is 0 Å². The first-order chi connectivity index (χ1) is 11.7. The number of nitrogen functional groups attached to an aromatic ring is 1. The molecule has 0 radical (unpaired) electrons. The summed E-state index contributed by atoms with van der Waals surface area (Å²) < 4.78 is 17.5. The van der Waals surface area contributed by atoms with Crippen LogP contribution in [0.3, 0.4) is 0 Å². The Morgan fingerprint density at radius 2 is 2.24 bits per heavy atom. The molecule has 0 aromatic carbocycles. The van der Waals surface area contributed by atoms with Gasteiger partial charge in [-0.2, -0.15) is 4.98 Å². The maximum absolute atomic E-state index is 11.9. The highest BCUT2D eigenvalue weighted by Crippen LogP contribution is 2.45. The van der Waals surface area contributed by atoms with Gasteiger partial charge in [-0.05, 0) is 11.8 Å². The van der Waals surface area contributed by atoms with Crippen molar-refractivity contribution in [2.45, 2.75) is 24.5 Å². The fraction of sp³-hybridized carbons (Fsp3) is 0.545.